The molecule has 0 fully saturated rings. The van der Waals surface area contributed by atoms with Gasteiger partial charge in [-0.2, -0.15) is 0 Å². The molecule has 1 aliphatic heterocycles. The second kappa shape index (κ2) is 10.5. The molecule has 0 radical (unpaired) electrons. The number of fused-ring (bicyclic) bond motifs is 1. The maximum atomic E-state index is 12.9. The summed E-state index contributed by atoms with van der Waals surface area (Å²) >= 11 is 1.60. The van der Waals surface area contributed by atoms with Gasteiger partial charge < -0.3 is 14.8 Å². The van der Waals surface area contributed by atoms with Crippen molar-refractivity contribution in [3.8, 4) is 17.0 Å². The van der Waals surface area contributed by atoms with Crippen LogP contribution in [0.3, 0.4) is 0 Å². The number of hydrogen-bond acceptors (Lipinski definition) is 7. The fourth-order valence-corrected chi connectivity index (χ4v) is 4.53. The number of hydrogen-bond donors (Lipinski definition) is 1. The first kappa shape index (κ1) is 23.4. The molecule has 0 spiro atoms. The molecule has 0 bridgehead atoms. The first-order valence-electron chi connectivity index (χ1n) is 11.1. The van der Waals surface area contributed by atoms with Crippen LogP contribution in [-0.2, 0) is 20.7 Å². The SMILES string of the molecule is CCCc1nc(-c2ccc3c(c2)N(CC(=O)Nc2ccccc2C(=O)OCC)C(=O)CO3)cs1. The Hall–Kier alpha value is -3.72. The maximum absolute atomic E-state index is 12.9. The molecule has 34 heavy (non-hydrogen) atoms. The van der Waals surface area contributed by atoms with Crippen molar-refractivity contribution in [2.75, 3.05) is 30.0 Å². The standard InChI is InChI=1S/C25H25N3O5S/c1-3-7-23-27-19(15-34-23)16-10-11-21-20(12-16)28(24(30)14-33-21)13-22(29)26-18-9-6-5-8-17(18)25(31)32-4-2/h5-6,8-12,15H,3-4,7,13-14H2,1-2H3,(H,26,29). The molecule has 0 aliphatic carbocycles. The summed E-state index contributed by atoms with van der Waals surface area (Å²) < 4.78 is 10.6. The molecule has 176 valence electrons. The van der Waals surface area contributed by atoms with Crippen LogP contribution >= 0.6 is 11.3 Å². The Morgan fingerprint density at radius 2 is 2.03 bits per heavy atom. The topological polar surface area (TPSA) is 97.8 Å². The van der Waals surface area contributed by atoms with Gasteiger partial charge in [-0.3, -0.25) is 14.5 Å². The fraction of sp³-hybridized carbons (Fsp3) is 0.280. The van der Waals surface area contributed by atoms with Gasteiger partial charge in [-0.15, -0.1) is 11.3 Å². The van der Waals surface area contributed by atoms with E-state index < -0.39 is 11.9 Å². The Balaban J connectivity index is 1.56. The predicted molar refractivity (Wildman–Crippen MR) is 130 cm³/mol. The van der Waals surface area contributed by atoms with Crippen LogP contribution < -0.4 is 15.0 Å². The molecular formula is C25H25N3O5S. The van der Waals surface area contributed by atoms with Crippen LogP contribution in [0.25, 0.3) is 11.3 Å². The van der Waals surface area contributed by atoms with Crippen molar-refractivity contribution in [2.45, 2.75) is 26.7 Å². The number of carbonyl (C=O) groups is 3. The first-order chi connectivity index (χ1) is 16.5. The quantitative estimate of drug-likeness (QED) is 0.484. The molecule has 0 saturated heterocycles. The van der Waals surface area contributed by atoms with Crippen molar-refractivity contribution in [1.29, 1.82) is 0 Å². The van der Waals surface area contributed by atoms with E-state index in [1.807, 2.05) is 17.5 Å². The van der Waals surface area contributed by atoms with Gasteiger partial charge in [0.25, 0.3) is 5.91 Å². The number of carbonyl (C=O) groups excluding carboxylic acids is 3. The van der Waals surface area contributed by atoms with Gasteiger partial charge in [0.1, 0.15) is 12.3 Å². The third kappa shape index (κ3) is 5.09. The maximum Gasteiger partial charge on any atom is 0.340 e. The van der Waals surface area contributed by atoms with Gasteiger partial charge in [0, 0.05) is 10.9 Å². The number of nitrogens with one attached hydrogen (secondary N) is 1. The van der Waals surface area contributed by atoms with E-state index in [9.17, 15) is 14.4 Å². The second-order valence-corrected chi connectivity index (χ2v) is 8.58. The third-order valence-electron chi connectivity index (χ3n) is 5.21. The largest absolute Gasteiger partial charge is 0.482 e. The fourth-order valence-electron chi connectivity index (χ4n) is 3.62. The molecule has 1 N–H and O–H groups in total. The molecule has 3 aromatic rings. The van der Waals surface area contributed by atoms with Gasteiger partial charge in [-0.05, 0) is 50.1 Å². The number of esters is 1. The zero-order valence-corrected chi connectivity index (χ0v) is 19.8. The number of aromatic nitrogens is 1. The van der Waals surface area contributed by atoms with E-state index in [4.69, 9.17) is 9.47 Å². The van der Waals surface area contributed by atoms with Crippen molar-refractivity contribution < 1.29 is 23.9 Å². The molecular weight excluding hydrogens is 454 g/mol. The highest BCUT2D eigenvalue weighted by Crippen LogP contribution is 2.36. The van der Waals surface area contributed by atoms with Crippen LogP contribution in [-0.4, -0.2) is 42.5 Å². The summed E-state index contributed by atoms with van der Waals surface area (Å²) in [6.45, 7) is 3.66. The van der Waals surface area contributed by atoms with E-state index in [2.05, 4.69) is 17.2 Å². The summed E-state index contributed by atoms with van der Waals surface area (Å²) in [5.74, 6) is -0.778. The molecule has 2 aromatic carbocycles. The molecule has 0 saturated carbocycles. The zero-order chi connectivity index (χ0) is 24.1. The van der Waals surface area contributed by atoms with Crippen LogP contribution in [0.2, 0.25) is 0 Å². The van der Waals surface area contributed by atoms with Gasteiger partial charge in [0.2, 0.25) is 5.91 Å². The average Bonchev–Trinajstić information content (AvgIpc) is 3.30. The molecule has 2 amide bonds. The van der Waals surface area contributed by atoms with Gasteiger partial charge in [-0.25, -0.2) is 9.78 Å². The predicted octanol–water partition coefficient (Wildman–Crippen LogP) is 4.30. The normalized spacial score (nSPS) is 12.6. The molecule has 1 aliphatic rings. The first-order valence-corrected chi connectivity index (χ1v) is 12.0. The average molecular weight is 480 g/mol. The summed E-state index contributed by atoms with van der Waals surface area (Å²) in [6, 6.07) is 12.1. The molecule has 4 rings (SSSR count). The summed E-state index contributed by atoms with van der Waals surface area (Å²) in [5, 5.41) is 5.77. The van der Waals surface area contributed by atoms with E-state index in [1.54, 1.807) is 48.6 Å². The smallest absolute Gasteiger partial charge is 0.340 e. The van der Waals surface area contributed by atoms with Crippen molar-refractivity contribution in [3.63, 3.8) is 0 Å². The number of nitrogens with zero attached hydrogens (tertiary/aromatic N) is 2. The molecule has 1 aromatic heterocycles. The molecule has 2 heterocycles. The highest BCUT2D eigenvalue weighted by atomic mass is 32.1. The number of rotatable bonds is 8. The van der Waals surface area contributed by atoms with Crippen LogP contribution in [0.4, 0.5) is 11.4 Å². The van der Waals surface area contributed by atoms with Crippen molar-refractivity contribution in [3.05, 3.63) is 58.4 Å². The van der Waals surface area contributed by atoms with Gasteiger partial charge in [0.05, 0.1) is 34.2 Å². The number of aryl methyl sites for hydroxylation is 1. The van der Waals surface area contributed by atoms with E-state index in [0.29, 0.717) is 17.1 Å². The van der Waals surface area contributed by atoms with Crippen LogP contribution in [0.5, 0.6) is 5.75 Å². The lowest BCUT2D eigenvalue weighted by molar-refractivity contribution is -0.123. The van der Waals surface area contributed by atoms with E-state index in [1.165, 1.54) is 4.90 Å². The minimum Gasteiger partial charge on any atom is -0.482 e. The van der Waals surface area contributed by atoms with Crippen LogP contribution in [0.1, 0.15) is 35.6 Å². The molecule has 9 heteroatoms. The number of anilines is 2. The minimum atomic E-state index is -0.526. The lowest BCUT2D eigenvalue weighted by Gasteiger charge is -2.29. The third-order valence-corrected chi connectivity index (χ3v) is 6.12. The van der Waals surface area contributed by atoms with Crippen molar-refractivity contribution >= 4 is 40.5 Å². The van der Waals surface area contributed by atoms with Crippen LogP contribution in [0, 0.1) is 0 Å². The van der Waals surface area contributed by atoms with E-state index in [-0.39, 0.29) is 31.2 Å². The Bertz CT molecular complexity index is 1220. The number of para-hydroxylation sites is 1. The Kier molecular flexibility index (Phi) is 7.22. The molecule has 0 atom stereocenters. The summed E-state index contributed by atoms with van der Waals surface area (Å²) in [6.07, 6.45) is 1.93. The van der Waals surface area contributed by atoms with E-state index in [0.717, 1.165) is 29.1 Å². The Morgan fingerprint density at radius 1 is 1.21 bits per heavy atom. The van der Waals surface area contributed by atoms with E-state index >= 15 is 0 Å². The summed E-state index contributed by atoms with van der Waals surface area (Å²) in [4.78, 5) is 43.8. The second-order valence-electron chi connectivity index (χ2n) is 7.64. The number of amides is 2. The van der Waals surface area contributed by atoms with Crippen molar-refractivity contribution in [2.24, 2.45) is 0 Å². The number of thiazole rings is 1. The monoisotopic (exact) mass is 479 g/mol. The molecule has 0 unspecified atom stereocenters. The van der Waals surface area contributed by atoms with Crippen LogP contribution in [0.15, 0.2) is 47.8 Å². The highest BCUT2D eigenvalue weighted by molar-refractivity contribution is 7.09. The minimum absolute atomic E-state index is 0.156. The molecule has 8 nitrogen and oxygen atoms in total. The van der Waals surface area contributed by atoms with Crippen molar-refractivity contribution in [1.82, 2.24) is 4.98 Å². The summed E-state index contributed by atoms with van der Waals surface area (Å²) in [5.41, 5.74) is 2.75. The Morgan fingerprint density at radius 3 is 2.82 bits per heavy atom. The highest BCUT2D eigenvalue weighted by Gasteiger charge is 2.28. The lowest BCUT2D eigenvalue weighted by atomic mass is 10.1. The van der Waals surface area contributed by atoms with Gasteiger partial charge in [0.15, 0.2) is 6.61 Å². The lowest BCUT2D eigenvalue weighted by Crippen LogP contribution is -2.43. The van der Waals surface area contributed by atoms with Gasteiger partial charge in [-0.1, -0.05) is 19.1 Å². The Labute approximate surface area is 201 Å². The summed E-state index contributed by atoms with van der Waals surface area (Å²) in [7, 11) is 0. The zero-order valence-electron chi connectivity index (χ0n) is 19.0. The number of ether oxygens (including phenoxy) is 2. The number of benzene rings is 2. The van der Waals surface area contributed by atoms with Gasteiger partial charge >= 0.3 is 5.97 Å².